The summed E-state index contributed by atoms with van der Waals surface area (Å²) in [6.07, 6.45) is 3.50. The molecule has 1 N–H and O–H groups in total. The minimum absolute atomic E-state index is 0.543. The normalized spacial score (nSPS) is 12.6. The number of nitrogens with one attached hydrogen (secondary N) is 1. The van der Waals surface area contributed by atoms with Gasteiger partial charge in [0, 0.05) is 38.4 Å². The van der Waals surface area contributed by atoms with E-state index in [1.807, 2.05) is 0 Å². The molecule has 1 rings (SSSR count). The zero-order chi connectivity index (χ0) is 14.6. The van der Waals surface area contributed by atoms with Crippen LogP contribution in [0.25, 0.3) is 0 Å². The van der Waals surface area contributed by atoms with Crippen molar-refractivity contribution in [1.29, 1.82) is 0 Å². The lowest BCUT2D eigenvalue weighted by molar-refractivity contribution is 0.190. The first-order valence-electron chi connectivity index (χ1n) is 7.22. The van der Waals surface area contributed by atoms with Gasteiger partial charge in [-0.15, -0.1) is 0 Å². The first kappa shape index (κ1) is 17.6. The van der Waals surface area contributed by atoms with Gasteiger partial charge in [-0.05, 0) is 36.5 Å². The molecule has 1 atom stereocenters. The maximum absolute atomic E-state index is 5.12. The number of ether oxygens (including phenoxy) is 2. The molecular weight excluding hydrogens is 318 g/mol. The molecule has 0 fully saturated rings. The molecule has 0 aliphatic carbocycles. The summed E-state index contributed by atoms with van der Waals surface area (Å²) >= 11 is 3.56. The molecule has 0 heterocycles. The van der Waals surface area contributed by atoms with E-state index in [4.69, 9.17) is 9.47 Å². The van der Waals surface area contributed by atoms with E-state index >= 15 is 0 Å². The van der Waals surface area contributed by atoms with Crippen LogP contribution < -0.4 is 5.32 Å². The van der Waals surface area contributed by atoms with Gasteiger partial charge in [0.2, 0.25) is 0 Å². The van der Waals surface area contributed by atoms with Crippen molar-refractivity contribution in [2.75, 3.05) is 40.5 Å². The van der Waals surface area contributed by atoms with Crippen LogP contribution in [0.1, 0.15) is 30.7 Å². The van der Waals surface area contributed by atoms with E-state index in [0.29, 0.717) is 5.92 Å². The van der Waals surface area contributed by atoms with Gasteiger partial charge in [0.25, 0.3) is 0 Å². The van der Waals surface area contributed by atoms with Gasteiger partial charge in [0.15, 0.2) is 0 Å². The standard InChI is InChI=1S/C16H26BrNO2/c1-19-10-4-3-6-15(13-18-9-11-20-2)14-7-5-8-16(17)12-14/h5,7-8,12,15,18H,3-4,6,9-11,13H2,1-2H3. The maximum atomic E-state index is 5.12. The molecule has 0 saturated heterocycles. The monoisotopic (exact) mass is 343 g/mol. The smallest absolute Gasteiger partial charge is 0.0587 e. The van der Waals surface area contributed by atoms with Crippen molar-refractivity contribution in [2.45, 2.75) is 25.2 Å². The van der Waals surface area contributed by atoms with Crippen molar-refractivity contribution >= 4 is 15.9 Å². The van der Waals surface area contributed by atoms with Gasteiger partial charge in [0.05, 0.1) is 6.61 Å². The van der Waals surface area contributed by atoms with E-state index in [-0.39, 0.29) is 0 Å². The lowest BCUT2D eigenvalue weighted by Gasteiger charge is -2.18. The molecular formula is C16H26BrNO2. The molecule has 0 amide bonds. The van der Waals surface area contributed by atoms with Crippen molar-refractivity contribution in [3.63, 3.8) is 0 Å². The first-order chi connectivity index (χ1) is 9.77. The summed E-state index contributed by atoms with van der Waals surface area (Å²) in [4.78, 5) is 0. The maximum Gasteiger partial charge on any atom is 0.0587 e. The van der Waals surface area contributed by atoms with E-state index in [0.717, 1.165) is 37.2 Å². The van der Waals surface area contributed by atoms with Crippen molar-refractivity contribution in [1.82, 2.24) is 5.32 Å². The van der Waals surface area contributed by atoms with Gasteiger partial charge in [-0.3, -0.25) is 0 Å². The van der Waals surface area contributed by atoms with E-state index < -0.39 is 0 Å². The van der Waals surface area contributed by atoms with Crippen LogP contribution in [0.2, 0.25) is 0 Å². The van der Waals surface area contributed by atoms with Crippen molar-refractivity contribution in [3.8, 4) is 0 Å². The van der Waals surface area contributed by atoms with Crippen molar-refractivity contribution < 1.29 is 9.47 Å². The highest BCUT2D eigenvalue weighted by Gasteiger charge is 2.11. The number of hydrogen-bond donors (Lipinski definition) is 1. The van der Waals surface area contributed by atoms with Crippen LogP contribution in [0.15, 0.2) is 28.7 Å². The molecule has 0 aliphatic rings. The summed E-state index contributed by atoms with van der Waals surface area (Å²) in [6, 6.07) is 8.61. The Labute approximate surface area is 131 Å². The molecule has 1 aromatic carbocycles. The van der Waals surface area contributed by atoms with Crippen LogP contribution in [0.4, 0.5) is 0 Å². The molecule has 0 aromatic heterocycles. The van der Waals surface area contributed by atoms with Crippen LogP contribution in [0, 0.1) is 0 Å². The van der Waals surface area contributed by atoms with Gasteiger partial charge in [-0.1, -0.05) is 34.5 Å². The summed E-state index contributed by atoms with van der Waals surface area (Å²) in [5.41, 5.74) is 1.39. The van der Waals surface area contributed by atoms with Crippen LogP contribution >= 0.6 is 15.9 Å². The van der Waals surface area contributed by atoms with Crippen LogP contribution in [0.3, 0.4) is 0 Å². The third kappa shape index (κ3) is 7.39. The SMILES string of the molecule is COCCCCC(CNCCOC)c1cccc(Br)c1. The van der Waals surface area contributed by atoms with Gasteiger partial charge in [-0.25, -0.2) is 0 Å². The molecule has 4 heteroatoms. The summed E-state index contributed by atoms with van der Waals surface area (Å²) in [5, 5.41) is 3.47. The molecule has 3 nitrogen and oxygen atoms in total. The highest BCUT2D eigenvalue weighted by Crippen LogP contribution is 2.24. The Morgan fingerprint density at radius 3 is 2.65 bits per heavy atom. The topological polar surface area (TPSA) is 30.5 Å². The number of rotatable bonds is 11. The average molecular weight is 344 g/mol. The highest BCUT2D eigenvalue weighted by molar-refractivity contribution is 9.10. The Hall–Kier alpha value is -0.420. The molecule has 1 aromatic rings. The van der Waals surface area contributed by atoms with E-state index in [1.165, 1.54) is 18.4 Å². The Bertz CT molecular complexity index is 348. The highest BCUT2D eigenvalue weighted by atomic mass is 79.9. The van der Waals surface area contributed by atoms with Gasteiger partial charge < -0.3 is 14.8 Å². The fourth-order valence-corrected chi connectivity index (χ4v) is 2.65. The molecule has 0 aliphatic heterocycles. The van der Waals surface area contributed by atoms with E-state index in [9.17, 15) is 0 Å². The van der Waals surface area contributed by atoms with E-state index in [1.54, 1.807) is 14.2 Å². The van der Waals surface area contributed by atoms with Gasteiger partial charge in [0.1, 0.15) is 0 Å². The van der Waals surface area contributed by atoms with Gasteiger partial charge >= 0.3 is 0 Å². The second kappa shape index (κ2) is 11.3. The minimum atomic E-state index is 0.543. The average Bonchev–Trinajstić information content (AvgIpc) is 2.45. The third-order valence-electron chi connectivity index (χ3n) is 3.34. The lowest BCUT2D eigenvalue weighted by atomic mass is 9.93. The predicted molar refractivity (Wildman–Crippen MR) is 87.4 cm³/mol. The first-order valence-corrected chi connectivity index (χ1v) is 8.01. The molecule has 0 spiro atoms. The summed E-state index contributed by atoms with van der Waals surface area (Å²) in [7, 11) is 3.50. The number of unbranched alkanes of at least 4 members (excludes halogenated alkanes) is 1. The fraction of sp³-hybridized carbons (Fsp3) is 0.625. The predicted octanol–water partition coefficient (Wildman–Crippen LogP) is 3.59. The summed E-state index contributed by atoms with van der Waals surface area (Å²) in [5.74, 6) is 0.543. The minimum Gasteiger partial charge on any atom is -0.385 e. The summed E-state index contributed by atoms with van der Waals surface area (Å²) < 4.78 is 11.3. The molecule has 0 radical (unpaired) electrons. The number of benzene rings is 1. The fourth-order valence-electron chi connectivity index (χ4n) is 2.23. The lowest BCUT2D eigenvalue weighted by Crippen LogP contribution is -2.25. The van der Waals surface area contributed by atoms with Crippen molar-refractivity contribution in [3.05, 3.63) is 34.3 Å². The van der Waals surface area contributed by atoms with Gasteiger partial charge in [-0.2, -0.15) is 0 Å². The Morgan fingerprint density at radius 2 is 1.95 bits per heavy atom. The van der Waals surface area contributed by atoms with E-state index in [2.05, 4.69) is 45.5 Å². The second-order valence-electron chi connectivity index (χ2n) is 4.94. The Morgan fingerprint density at radius 1 is 1.15 bits per heavy atom. The van der Waals surface area contributed by atoms with Crippen molar-refractivity contribution in [2.24, 2.45) is 0 Å². The van der Waals surface area contributed by atoms with Crippen LogP contribution in [-0.4, -0.2) is 40.5 Å². The number of hydrogen-bond acceptors (Lipinski definition) is 3. The Balaban J connectivity index is 2.49. The molecule has 0 bridgehead atoms. The zero-order valence-corrected chi connectivity index (χ0v) is 14.1. The third-order valence-corrected chi connectivity index (χ3v) is 3.84. The quantitative estimate of drug-likeness (QED) is 0.623. The van der Waals surface area contributed by atoms with Crippen LogP contribution in [-0.2, 0) is 9.47 Å². The summed E-state index contributed by atoms with van der Waals surface area (Å²) in [6.45, 7) is 3.50. The molecule has 0 saturated carbocycles. The van der Waals surface area contributed by atoms with Crippen LogP contribution in [0.5, 0.6) is 0 Å². The Kier molecular flexibility index (Phi) is 9.93. The molecule has 114 valence electrons. The second-order valence-corrected chi connectivity index (χ2v) is 5.85. The molecule has 20 heavy (non-hydrogen) atoms. The zero-order valence-electron chi connectivity index (χ0n) is 12.5. The number of halogens is 1. The largest absolute Gasteiger partial charge is 0.385 e. The number of methoxy groups -OCH3 is 2. The molecule has 1 unspecified atom stereocenters.